The summed E-state index contributed by atoms with van der Waals surface area (Å²) in [5, 5.41) is 28.2. The molecule has 10 N–H and O–H groups in total. The van der Waals surface area contributed by atoms with Crippen molar-refractivity contribution in [3.8, 4) is 0 Å². The van der Waals surface area contributed by atoms with E-state index in [0.717, 1.165) is 6.42 Å². The van der Waals surface area contributed by atoms with Crippen LogP contribution < -0.4 is 32.7 Å². The first-order valence-electron chi connectivity index (χ1n) is 9.69. The van der Waals surface area contributed by atoms with Crippen LogP contribution in [0.5, 0.6) is 0 Å². The molecule has 0 saturated carbocycles. The number of hydrogen-bond donors (Lipinski definition) is 8. The molecular formula is C17H31N7O6. The number of aliphatic hydroxyl groups is 1. The standard InChI is InChI=1S/C17H31N7O6/c1-9(13(26)24-12(8-25)16(29)30)22-15(28)11(5-3-7-21-17(18)19)23-14(27)10-4-2-6-20-10/h9-12,20,25H,2-8H2,1H3,(H,22,28)(H,23,27)(H,24,26)(H,29,30)(H4,18,19,21). The zero-order valence-electron chi connectivity index (χ0n) is 16.9. The summed E-state index contributed by atoms with van der Waals surface area (Å²) >= 11 is 0. The second-order valence-corrected chi connectivity index (χ2v) is 6.97. The monoisotopic (exact) mass is 429 g/mol. The molecule has 170 valence electrons. The predicted molar refractivity (Wildman–Crippen MR) is 107 cm³/mol. The van der Waals surface area contributed by atoms with Gasteiger partial charge in [0.05, 0.1) is 12.6 Å². The maximum absolute atomic E-state index is 12.6. The minimum absolute atomic E-state index is 0.0858. The van der Waals surface area contributed by atoms with Crippen LogP contribution in [0.15, 0.2) is 4.99 Å². The number of aliphatic imine (C=N–C) groups is 1. The summed E-state index contributed by atoms with van der Waals surface area (Å²) in [6, 6.07) is -3.90. The van der Waals surface area contributed by atoms with E-state index in [1.54, 1.807) is 0 Å². The van der Waals surface area contributed by atoms with Gasteiger partial charge in [0.2, 0.25) is 17.7 Å². The Morgan fingerprint density at radius 1 is 1.13 bits per heavy atom. The summed E-state index contributed by atoms with van der Waals surface area (Å²) < 4.78 is 0. The summed E-state index contributed by atoms with van der Waals surface area (Å²) in [4.78, 5) is 51.9. The molecule has 0 aromatic rings. The lowest BCUT2D eigenvalue weighted by Crippen LogP contribution is -2.56. The Morgan fingerprint density at radius 2 is 1.83 bits per heavy atom. The van der Waals surface area contributed by atoms with Crippen molar-refractivity contribution in [2.45, 2.75) is 56.8 Å². The Morgan fingerprint density at radius 3 is 2.37 bits per heavy atom. The molecule has 1 aliphatic heterocycles. The highest BCUT2D eigenvalue weighted by atomic mass is 16.4. The molecule has 0 bridgehead atoms. The van der Waals surface area contributed by atoms with Crippen molar-refractivity contribution in [2.75, 3.05) is 19.7 Å². The first-order valence-corrected chi connectivity index (χ1v) is 9.69. The van der Waals surface area contributed by atoms with Crippen molar-refractivity contribution < 1.29 is 29.4 Å². The minimum atomic E-state index is -1.49. The first-order chi connectivity index (χ1) is 14.1. The summed E-state index contributed by atoms with van der Waals surface area (Å²) in [6.45, 7) is 1.54. The number of nitrogens with one attached hydrogen (secondary N) is 4. The molecule has 13 heteroatoms. The molecule has 0 radical (unpaired) electrons. The highest BCUT2D eigenvalue weighted by Gasteiger charge is 2.29. The van der Waals surface area contributed by atoms with Gasteiger partial charge in [-0.1, -0.05) is 0 Å². The number of nitrogens with two attached hydrogens (primary N) is 2. The number of hydrogen-bond acceptors (Lipinski definition) is 7. The lowest BCUT2D eigenvalue weighted by atomic mass is 10.1. The summed E-state index contributed by atoms with van der Waals surface area (Å²) in [7, 11) is 0. The third-order valence-electron chi connectivity index (χ3n) is 4.50. The van der Waals surface area contributed by atoms with Crippen molar-refractivity contribution in [1.82, 2.24) is 21.3 Å². The van der Waals surface area contributed by atoms with Gasteiger partial charge in [0.1, 0.15) is 18.1 Å². The molecule has 0 spiro atoms. The number of carbonyl (C=O) groups is 4. The number of carboxylic acids is 1. The molecule has 0 aliphatic carbocycles. The molecular weight excluding hydrogens is 398 g/mol. The van der Waals surface area contributed by atoms with E-state index >= 15 is 0 Å². The zero-order valence-corrected chi connectivity index (χ0v) is 16.9. The Balaban J connectivity index is 2.71. The number of carbonyl (C=O) groups excluding carboxylic acids is 3. The van der Waals surface area contributed by atoms with Gasteiger partial charge in [-0.15, -0.1) is 0 Å². The SMILES string of the molecule is CC(NC(=O)C(CCCN=C(N)N)NC(=O)C1CCCN1)C(=O)NC(CO)C(=O)O. The highest BCUT2D eigenvalue weighted by Crippen LogP contribution is 2.07. The number of amides is 3. The number of carboxylic acid groups (broad SMARTS) is 1. The quantitative estimate of drug-likeness (QED) is 0.0868. The van der Waals surface area contributed by atoms with E-state index in [1.165, 1.54) is 6.92 Å². The molecule has 1 saturated heterocycles. The van der Waals surface area contributed by atoms with Gasteiger partial charge in [-0.2, -0.15) is 0 Å². The van der Waals surface area contributed by atoms with Gasteiger partial charge < -0.3 is 42.9 Å². The molecule has 3 amide bonds. The van der Waals surface area contributed by atoms with E-state index in [-0.39, 0.29) is 30.9 Å². The molecule has 13 nitrogen and oxygen atoms in total. The molecule has 1 rings (SSSR count). The second-order valence-electron chi connectivity index (χ2n) is 6.97. The largest absolute Gasteiger partial charge is 0.480 e. The van der Waals surface area contributed by atoms with Crippen LogP contribution in [0.3, 0.4) is 0 Å². The van der Waals surface area contributed by atoms with Crippen LogP contribution in [0.1, 0.15) is 32.6 Å². The second kappa shape index (κ2) is 12.6. The molecule has 30 heavy (non-hydrogen) atoms. The fraction of sp³-hybridized carbons (Fsp3) is 0.706. The average Bonchev–Trinajstić information content (AvgIpc) is 3.22. The van der Waals surface area contributed by atoms with Gasteiger partial charge in [-0.25, -0.2) is 4.79 Å². The third kappa shape index (κ3) is 8.61. The maximum Gasteiger partial charge on any atom is 0.328 e. The summed E-state index contributed by atoms with van der Waals surface area (Å²) in [5.41, 5.74) is 10.5. The molecule has 1 heterocycles. The lowest BCUT2D eigenvalue weighted by Gasteiger charge is -2.23. The topological polar surface area (TPSA) is 221 Å². The van der Waals surface area contributed by atoms with Crippen molar-refractivity contribution in [3.05, 3.63) is 0 Å². The van der Waals surface area contributed by atoms with Gasteiger partial charge in [0.25, 0.3) is 0 Å². The van der Waals surface area contributed by atoms with Crippen molar-refractivity contribution in [3.63, 3.8) is 0 Å². The van der Waals surface area contributed by atoms with Gasteiger partial charge in [0, 0.05) is 6.54 Å². The van der Waals surface area contributed by atoms with E-state index in [9.17, 15) is 19.2 Å². The first kappa shape index (κ1) is 25.1. The van der Waals surface area contributed by atoms with Crippen LogP contribution in [-0.4, -0.2) is 83.7 Å². The minimum Gasteiger partial charge on any atom is -0.480 e. The van der Waals surface area contributed by atoms with Crippen LogP contribution in [0.4, 0.5) is 0 Å². The van der Waals surface area contributed by atoms with E-state index in [0.29, 0.717) is 19.4 Å². The van der Waals surface area contributed by atoms with Crippen LogP contribution in [-0.2, 0) is 19.2 Å². The zero-order chi connectivity index (χ0) is 22.7. The molecule has 0 aromatic heterocycles. The number of aliphatic carboxylic acids is 1. The Kier molecular flexibility index (Phi) is 10.5. The molecule has 1 fully saturated rings. The Bertz CT molecular complexity index is 647. The van der Waals surface area contributed by atoms with Crippen LogP contribution in [0.2, 0.25) is 0 Å². The highest BCUT2D eigenvalue weighted by molar-refractivity contribution is 5.94. The molecule has 1 aliphatic rings. The van der Waals surface area contributed by atoms with Crippen LogP contribution >= 0.6 is 0 Å². The van der Waals surface area contributed by atoms with Gasteiger partial charge >= 0.3 is 5.97 Å². The predicted octanol–water partition coefficient (Wildman–Crippen LogP) is -3.66. The Labute approximate surface area is 174 Å². The van der Waals surface area contributed by atoms with E-state index < -0.39 is 42.5 Å². The summed E-state index contributed by atoms with van der Waals surface area (Å²) in [6.07, 6.45) is 2.14. The van der Waals surface area contributed by atoms with Crippen molar-refractivity contribution >= 4 is 29.7 Å². The fourth-order valence-electron chi connectivity index (χ4n) is 2.81. The smallest absolute Gasteiger partial charge is 0.328 e. The normalized spacial score (nSPS) is 18.5. The van der Waals surface area contributed by atoms with Gasteiger partial charge in [0.15, 0.2) is 5.96 Å². The van der Waals surface area contributed by atoms with Crippen molar-refractivity contribution in [1.29, 1.82) is 0 Å². The number of nitrogens with zero attached hydrogens (tertiary/aromatic N) is 1. The summed E-state index contributed by atoms with van der Waals surface area (Å²) in [5.74, 6) is -3.20. The van der Waals surface area contributed by atoms with Crippen LogP contribution in [0.25, 0.3) is 0 Å². The fourth-order valence-corrected chi connectivity index (χ4v) is 2.81. The van der Waals surface area contributed by atoms with E-state index in [2.05, 4.69) is 26.3 Å². The van der Waals surface area contributed by atoms with Gasteiger partial charge in [-0.05, 0) is 39.2 Å². The van der Waals surface area contributed by atoms with E-state index in [1.807, 2.05) is 0 Å². The van der Waals surface area contributed by atoms with Crippen LogP contribution in [0, 0.1) is 0 Å². The number of aliphatic hydroxyl groups excluding tert-OH is 1. The van der Waals surface area contributed by atoms with E-state index in [4.69, 9.17) is 21.7 Å². The number of rotatable bonds is 12. The van der Waals surface area contributed by atoms with Gasteiger partial charge in [-0.3, -0.25) is 19.4 Å². The molecule has 4 unspecified atom stereocenters. The number of guanidine groups is 1. The average molecular weight is 429 g/mol. The Hall–Kier alpha value is -2.93. The lowest BCUT2D eigenvalue weighted by molar-refractivity contribution is -0.143. The van der Waals surface area contributed by atoms with Crippen molar-refractivity contribution in [2.24, 2.45) is 16.5 Å². The molecule has 4 atom stereocenters. The maximum atomic E-state index is 12.6. The third-order valence-corrected chi connectivity index (χ3v) is 4.50. The molecule has 0 aromatic carbocycles.